The Morgan fingerprint density at radius 3 is 3.00 bits per heavy atom. The van der Waals surface area contributed by atoms with Crippen LogP contribution in [0, 0.1) is 0 Å². The molecule has 0 fully saturated rings. The van der Waals surface area contributed by atoms with Crippen molar-refractivity contribution in [3.63, 3.8) is 0 Å². The maximum Gasteiger partial charge on any atom is 0.323 e. The topological polar surface area (TPSA) is 52.3 Å². The highest BCUT2D eigenvalue weighted by molar-refractivity contribution is 7.98. The number of fused-ring (bicyclic) bond motifs is 1. The number of aromatic nitrogens is 4. The van der Waals surface area contributed by atoms with E-state index in [9.17, 15) is 0 Å². The fourth-order valence-corrected chi connectivity index (χ4v) is 1.59. The first-order chi connectivity index (χ1) is 6.36. The Bertz CT molecular complexity index is 427. The predicted molar refractivity (Wildman–Crippen MR) is 49.1 cm³/mol. The van der Waals surface area contributed by atoms with Crippen molar-refractivity contribution in [3.8, 4) is 6.01 Å². The highest BCUT2D eigenvalue weighted by atomic mass is 32.2. The lowest BCUT2D eigenvalue weighted by Gasteiger charge is -2.01. The minimum Gasteiger partial charge on any atom is -0.467 e. The van der Waals surface area contributed by atoms with E-state index in [-0.39, 0.29) is 0 Å². The molecule has 0 N–H and O–H groups in total. The number of hydrogen-bond donors (Lipinski definition) is 0. The van der Waals surface area contributed by atoms with Gasteiger partial charge in [-0.15, -0.1) is 5.10 Å². The van der Waals surface area contributed by atoms with Crippen molar-refractivity contribution >= 4 is 17.4 Å². The van der Waals surface area contributed by atoms with E-state index in [2.05, 4.69) is 15.2 Å². The maximum atomic E-state index is 5.05. The highest BCUT2D eigenvalue weighted by Gasteiger charge is 2.08. The summed E-state index contributed by atoms with van der Waals surface area (Å²) in [6, 6.07) is 2.25. The Hall–Kier alpha value is -1.30. The Labute approximate surface area is 79.1 Å². The average Bonchev–Trinajstić information content (AvgIpc) is 2.60. The van der Waals surface area contributed by atoms with Crippen molar-refractivity contribution in [1.29, 1.82) is 0 Å². The quantitative estimate of drug-likeness (QED) is 0.526. The zero-order valence-corrected chi connectivity index (χ0v) is 8.08. The Morgan fingerprint density at radius 2 is 2.31 bits per heavy atom. The van der Waals surface area contributed by atoms with Crippen LogP contribution in [0.25, 0.3) is 5.65 Å². The minimum absolute atomic E-state index is 0.465. The van der Waals surface area contributed by atoms with Crippen LogP contribution < -0.4 is 4.74 Å². The number of nitrogens with zero attached hydrogens (tertiary/aromatic N) is 4. The number of thioether (sulfide) groups is 1. The summed E-state index contributed by atoms with van der Waals surface area (Å²) in [5, 5.41) is 8.61. The molecule has 0 amide bonds. The number of ether oxygens (including phenoxy) is 1. The third-order valence-corrected chi connectivity index (χ3v) is 2.28. The van der Waals surface area contributed by atoms with Crippen LogP contribution in [0.15, 0.2) is 17.4 Å². The number of rotatable bonds is 2. The molecule has 0 bridgehead atoms. The summed E-state index contributed by atoms with van der Waals surface area (Å²) in [5.74, 6) is 0. The normalized spacial score (nSPS) is 10.6. The Kier molecular flexibility index (Phi) is 2.05. The Morgan fingerprint density at radius 1 is 1.46 bits per heavy atom. The smallest absolute Gasteiger partial charge is 0.323 e. The summed E-state index contributed by atoms with van der Waals surface area (Å²) in [4.78, 5) is 4.17. The van der Waals surface area contributed by atoms with E-state index in [4.69, 9.17) is 4.74 Å². The third kappa shape index (κ3) is 1.23. The van der Waals surface area contributed by atoms with Crippen molar-refractivity contribution in [2.75, 3.05) is 13.4 Å². The lowest BCUT2D eigenvalue weighted by atomic mass is 10.6. The maximum absolute atomic E-state index is 5.05. The summed E-state index contributed by atoms with van der Waals surface area (Å²) in [6.07, 6.45) is 3.65. The molecule has 68 valence electrons. The van der Waals surface area contributed by atoms with Crippen LogP contribution in [0.3, 0.4) is 0 Å². The molecule has 5 nitrogen and oxygen atoms in total. The second-order valence-corrected chi connectivity index (χ2v) is 3.09. The van der Waals surface area contributed by atoms with E-state index in [0.29, 0.717) is 6.01 Å². The molecular formula is C7H8N4OS. The first-order valence-electron chi connectivity index (χ1n) is 3.65. The van der Waals surface area contributed by atoms with E-state index >= 15 is 0 Å². The van der Waals surface area contributed by atoms with Gasteiger partial charge in [-0.2, -0.15) is 0 Å². The van der Waals surface area contributed by atoms with E-state index in [1.165, 1.54) is 11.8 Å². The third-order valence-electron chi connectivity index (χ3n) is 1.62. The van der Waals surface area contributed by atoms with Gasteiger partial charge in [-0.05, 0) is 6.26 Å². The van der Waals surface area contributed by atoms with E-state index in [1.807, 2.05) is 6.26 Å². The molecule has 0 atom stereocenters. The molecule has 0 aliphatic heterocycles. The van der Waals surface area contributed by atoms with Crippen LogP contribution in [0.5, 0.6) is 6.01 Å². The largest absolute Gasteiger partial charge is 0.467 e. The van der Waals surface area contributed by atoms with Crippen LogP contribution in [0.2, 0.25) is 0 Å². The molecule has 6 heteroatoms. The lowest BCUT2D eigenvalue weighted by Crippen LogP contribution is -1.96. The molecular weight excluding hydrogens is 188 g/mol. The molecule has 13 heavy (non-hydrogen) atoms. The number of methoxy groups -OCH3 is 1. The van der Waals surface area contributed by atoms with Gasteiger partial charge in [-0.3, -0.25) is 0 Å². The van der Waals surface area contributed by atoms with Crippen molar-refractivity contribution in [2.24, 2.45) is 0 Å². The van der Waals surface area contributed by atoms with E-state index < -0.39 is 0 Å². The van der Waals surface area contributed by atoms with Gasteiger partial charge in [0.15, 0.2) is 10.8 Å². The summed E-state index contributed by atoms with van der Waals surface area (Å²) >= 11 is 1.52. The van der Waals surface area contributed by atoms with Crippen LogP contribution in [0.4, 0.5) is 0 Å². The molecule has 0 spiro atoms. The molecule has 2 aromatic heterocycles. The van der Waals surface area contributed by atoms with Crippen molar-refractivity contribution in [3.05, 3.63) is 12.3 Å². The predicted octanol–water partition coefficient (Wildman–Crippen LogP) is 0.855. The van der Waals surface area contributed by atoms with Crippen LogP contribution in [0.1, 0.15) is 0 Å². The van der Waals surface area contributed by atoms with Gasteiger partial charge in [0.05, 0.1) is 7.11 Å². The summed E-state index contributed by atoms with van der Waals surface area (Å²) in [7, 11) is 1.56. The van der Waals surface area contributed by atoms with Crippen molar-refractivity contribution < 1.29 is 4.74 Å². The molecule has 0 radical (unpaired) electrons. The molecule has 2 rings (SSSR count). The zero-order chi connectivity index (χ0) is 9.26. The van der Waals surface area contributed by atoms with E-state index in [0.717, 1.165) is 10.8 Å². The number of hydrogen-bond acceptors (Lipinski definition) is 5. The van der Waals surface area contributed by atoms with Crippen LogP contribution in [-0.4, -0.2) is 32.9 Å². The SMILES string of the molecule is COc1nnc2ccnc(SC)n12. The fraction of sp³-hybridized carbons (Fsp3) is 0.286. The average molecular weight is 196 g/mol. The van der Waals surface area contributed by atoms with Crippen LogP contribution >= 0.6 is 11.8 Å². The van der Waals surface area contributed by atoms with Gasteiger partial charge in [0.2, 0.25) is 0 Å². The molecule has 0 aliphatic carbocycles. The van der Waals surface area contributed by atoms with Gasteiger partial charge in [-0.1, -0.05) is 16.9 Å². The highest BCUT2D eigenvalue weighted by Crippen LogP contribution is 2.18. The summed E-state index contributed by atoms with van der Waals surface area (Å²) in [5.41, 5.74) is 0.746. The molecule has 0 saturated carbocycles. The first-order valence-corrected chi connectivity index (χ1v) is 4.87. The minimum atomic E-state index is 0.465. The van der Waals surface area contributed by atoms with Gasteiger partial charge in [-0.25, -0.2) is 9.38 Å². The monoisotopic (exact) mass is 196 g/mol. The second kappa shape index (κ2) is 3.21. The van der Waals surface area contributed by atoms with Crippen molar-refractivity contribution in [1.82, 2.24) is 19.6 Å². The van der Waals surface area contributed by atoms with Crippen LogP contribution in [-0.2, 0) is 0 Å². The molecule has 2 aromatic rings. The van der Waals surface area contributed by atoms with Gasteiger partial charge >= 0.3 is 6.01 Å². The van der Waals surface area contributed by atoms with Gasteiger partial charge in [0.1, 0.15) is 0 Å². The molecule has 0 aliphatic rings. The molecule has 2 heterocycles. The summed E-state index contributed by atoms with van der Waals surface area (Å²) < 4.78 is 6.81. The fourth-order valence-electron chi connectivity index (χ4n) is 1.07. The Balaban J connectivity index is 2.76. The molecule has 0 unspecified atom stereocenters. The summed E-state index contributed by atoms with van der Waals surface area (Å²) in [6.45, 7) is 0. The zero-order valence-electron chi connectivity index (χ0n) is 7.26. The molecule has 0 saturated heterocycles. The van der Waals surface area contributed by atoms with Crippen molar-refractivity contribution in [2.45, 2.75) is 5.16 Å². The second-order valence-electron chi connectivity index (χ2n) is 2.31. The van der Waals surface area contributed by atoms with Gasteiger partial charge in [0.25, 0.3) is 0 Å². The lowest BCUT2D eigenvalue weighted by molar-refractivity contribution is 0.370. The molecule has 0 aromatic carbocycles. The first kappa shape index (κ1) is 8.31. The standard InChI is InChI=1S/C7H8N4OS/c1-12-6-10-9-5-3-4-8-7(13-2)11(5)6/h3-4H,1-2H3. The van der Waals surface area contributed by atoms with E-state index in [1.54, 1.807) is 23.8 Å². The van der Waals surface area contributed by atoms with Gasteiger partial charge in [0, 0.05) is 12.3 Å². The van der Waals surface area contributed by atoms with Gasteiger partial charge < -0.3 is 4.74 Å².